The minimum Gasteiger partial charge on any atom is -0.488 e. The van der Waals surface area contributed by atoms with Crippen molar-refractivity contribution in [2.45, 2.75) is 65.9 Å². The largest absolute Gasteiger partial charge is 0.488 e. The van der Waals surface area contributed by atoms with Crippen LogP contribution < -0.4 is 9.47 Å². The summed E-state index contributed by atoms with van der Waals surface area (Å²) < 4.78 is 11.4. The third-order valence-electron chi connectivity index (χ3n) is 5.24. The molecule has 0 aliphatic carbocycles. The molecule has 2 aromatic carbocycles. The molecule has 2 unspecified atom stereocenters. The number of esters is 1. The van der Waals surface area contributed by atoms with E-state index in [1.165, 1.54) is 11.1 Å². The minimum atomic E-state index is -0.177. The Morgan fingerprint density at radius 1 is 0.889 bits per heavy atom. The van der Waals surface area contributed by atoms with Gasteiger partial charge in [-0.15, -0.1) is 0 Å². The highest BCUT2D eigenvalue weighted by atomic mass is 16.5. The molecule has 2 atom stereocenters. The van der Waals surface area contributed by atoms with Gasteiger partial charge < -0.3 is 9.47 Å². The zero-order valence-corrected chi connectivity index (χ0v) is 17.4. The van der Waals surface area contributed by atoms with E-state index in [2.05, 4.69) is 39.8 Å². The second kappa shape index (κ2) is 9.07. The number of hydrogen-bond acceptors (Lipinski definition) is 3. The normalized spacial score (nSPS) is 13.7. The summed E-state index contributed by atoms with van der Waals surface area (Å²) in [4.78, 5) is 11.9. The lowest BCUT2D eigenvalue weighted by atomic mass is 9.93. The van der Waals surface area contributed by atoms with Gasteiger partial charge in [0.2, 0.25) is 0 Å². The smallest absolute Gasteiger partial charge is 0.314 e. The molecule has 2 rings (SSSR count). The van der Waals surface area contributed by atoms with Gasteiger partial charge in [-0.1, -0.05) is 52.0 Å². The van der Waals surface area contributed by atoms with E-state index in [0.29, 0.717) is 5.75 Å². The Labute approximate surface area is 163 Å². The molecule has 0 aliphatic rings. The average Bonchev–Trinajstić information content (AvgIpc) is 2.67. The first kappa shape index (κ1) is 21.0. The predicted molar refractivity (Wildman–Crippen MR) is 110 cm³/mol. The molecule has 0 aliphatic heterocycles. The molecule has 0 fully saturated rings. The van der Waals surface area contributed by atoms with Crippen molar-refractivity contribution in [3.8, 4) is 11.5 Å². The van der Waals surface area contributed by atoms with Crippen LogP contribution in [0.3, 0.4) is 0 Å². The van der Waals surface area contributed by atoms with Crippen LogP contribution in [0.1, 0.15) is 71.4 Å². The Balaban J connectivity index is 2.05. The molecule has 0 radical (unpaired) electrons. The Bertz CT molecular complexity index is 729. The first-order chi connectivity index (χ1) is 12.8. The summed E-state index contributed by atoms with van der Waals surface area (Å²) in [6, 6.07) is 16.1. The minimum absolute atomic E-state index is 0.0815. The van der Waals surface area contributed by atoms with Crippen LogP contribution >= 0.6 is 0 Å². The molecule has 0 aromatic heterocycles. The maximum absolute atomic E-state index is 11.9. The van der Waals surface area contributed by atoms with Crippen LogP contribution in [0.15, 0.2) is 48.5 Å². The summed E-state index contributed by atoms with van der Waals surface area (Å²) in [6.07, 6.45) is 1.74. The van der Waals surface area contributed by atoms with Crippen molar-refractivity contribution in [2.24, 2.45) is 5.92 Å². The molecule has 3 nitrogen and oxygen atoms in total. The molecule has 146 valence electrons. The van der Waals surface area contributed by atoms with Gasteiger partial charge in [0.15, 0.2) is 0 Å². The van der Waals surface area contributed by atoms with Gasteiger partial charge in [-0.2, -0.15) is 0 Å². The summed E-state index contributed by atoms with van der Waals surface area (Å²) in [5, 5.41) is 0. The number of rotatable bonds is 8. The van der Waals surface area contributed by atoms with Crippen LogP contribution in [0.25, 0.3) is 0 Å². The van der Waals surface area contributed by atoms with E-state index in [9.17, 15) is 4.79 Å². The van der Waals surface area contributed by atoms with Crippen molar-refractivity contribution in [1.29, 1.82) is 0 Å². The van der Waals surface area contributed by atoms with Crippen molar-refractivity contribution >= 4 is 5.97 Å². The molecule has 0 spiro atoms. The van der Waals surface area contributed by atoms with E-state index >= 15 is 0 Å². The van der Waals surface area contributed by atoms with Crippen LogP contribution in [0.4, 0.5) is 0 Å². The molecule has 0 saturated heterocycles. The Morgan fingerprint density at radius 2 is 1.37 bits per heavy atom. The second-order valence-electron chi connectivity index (χ2n) is 7.81. The van der Waals surface area contributed by atoms with Gasteiger partial charge >= 0.3 is 5.97 Å². The number of ether oxygens (including phenoxy) is 2. The van der Waals surface area contributed by atoms with Crippen LogP contribution in [0, 0.1) is 5.92 Å². The maximum Gasteiger partial charge on any atom is 0.314 e. The molecule has 0 saturated carbocycles. The van der Waals surface area contributed by atoms with Crippen LogP contribution in [-0.4, -0.2) is 11.6 Å². The summed E-state index contributed by atoms with van der Waals surface area (Å²) in [7, 11) is 0. The van der Waals surface area contributed by atoms with E-state index in [1.54, 1.807) is 0 Å². The van der Waals surface area contributed by atoms with Gasteiger partial charge in [-0.3, -0.25) is 4.79 Å². The zero-order valence-electron chi connectivity index (χ0n) is 17.4. The molecule has 0 N–H and O–H groups in total. The van der Waals surface area contributed by atoms with E-state index < -0.39 is 0 Å². The summed E-state index contributed by atoms with van der Waals surface area (Å²) in [5.41, 5.74) is 2.25. The molecular weight excluding hydrogens is 336 g/mol. The fourth-order valence-corrected chi connectivity index (χ4v) is 2.62. The topological polar surface area (TPSA) is 35.5 Å². The molecular formula is C24H32O3. The standard InChI is InChI=1S/C24H32O3/c1-7-17(3)23(25)26-21-13-9-19(10-14-21)18(4)20-11-15-22(16-12-20)27-24(5,6)8-2/h9-18H,7-8H2,1-6H3. The first-order valence-electron chi connectivity index (χ1n) is 9.86. The van der Waals surface area contributed by atoms with E-state index in [0.717, 1.165) is 18.6 Å². The number of carbonyl (C=O) groups is 1. The van der Waals surface area contributed by atoms with Gasteiger partial charge in [-0.25, -0.2) is 0 Å². The molecule has 0 bridgehead atoms. The van der Waals surface area contributed by atoms with Gasteiger partial charge in [-0.05, 0) is 62.1 Å². The highest BCUT2D eigenvalue weighted by Crippen LogP contribution is 2.29. The second-order valence-corrected chi connectivity index (χ2v) is 7.81. The monoisotopic (exact) mass is 368 g/mol. The van der Waals surface area contributed by atoms with E-state index in [-0.39, 0.29) is 23.4 Å². The van der Waals surface area contributed by atoms with Crippen molar-refractivity contribution in [2.75, 3.05) is 0 Å². The average molecular weight is 369 g/mol. The summed E-state index contributed by atoms with van der Waals surface area (Å²) >= 11 is 0. The van der Waals surface area contributed by atoms with Crippen LogP contribution in [0.2, 0.25) is 0 Å². The van der Waals surface area contributed by atoms with Crippen molar-refractivity contribution in [3.05, 3.63) is 59.7 Å². The van der Waals surface area contributed by atoms with Gasteiger partial charge in [0.1, 0.15) is 17.1 Å². The lowest BCUT2D eigenvalue weighted by Gasteiger charge is -2.25. The maximum atomic E-state index is 11.9. The Kier molecular flexibility index (Phi) is 7.06. The third kappa shape index (κ3) is 5.85. The third-order valence-corrected chi connectivity index (χ3v) is 5.24. The predicted octanol–water partition coefficient (Wildman–Crippen LogP) is 6.36. The molecule has 27 heavy (non-hydrogen) atoms. The summed E-state index contributed by atoms with van der Waals surface area (Å²) in [6.45, 7) is 12.4. The molecule has 0 amide bonds. The number of carbonyl (C=O) groups excluding carboxylic acids is 1. The van der Waals surface area contributed by atoms with Crippen LogP contribution in [0.5, 0.6) is 11.5 Å². The molecule has 2 aromatic rings. The fraction of sp³-hybridized carbons (Fsp3) is 0.458. The van der Waals surface area contributed by atoms with E-state index in [4.69, 9.17) is 9.47 Å². The summed E-state index contributed by atoms with van der Waals surface area (Å²) in [5.74, 6) is 1.48. The lowest BCUT2D eigenvalue weighted by Crippen LogP contribution is -2.26. The molecule has 0 heterocycles. The van der Waals surface area contributed by atoms with Gasteiger partial charge in [0, 0.05) is 5.92 Å². The highest BCUT2D eigenvalue weighted by Gasteiger charge is 2.17. The Morgan fingerprint density at radius 3 is 1.81 bits per heavy atom. The van der Waals surface area contributed by atoms with Crippen molar-refractivity contribution in [3.63, 3.8) is 0 Å². The lowest BCUT2D eigenvalue weighted by molar-refractivity contribution is -0.138. The quantitative estimate of drug-likeness (QED) is 0.402. The van der Waals surface area contributed by atoms with Crippen molar-refractivity contribution in [1.82, 2.24) is 0 Å². The highest BCUT2D eigenvalue weighted by molar-refractivity contribution is 5.74. The van der Waals surface area contributed by atoms with E-state index in [1.807, 2.05) is 50.2 Å². The van der Waals surface area contributed by atoms with Crippen molar-refractivity contribution < 1.29 is 14.3 Å². The van der Waals surface area contributed by atoms with Gasteiger partial charge in [0.25, 0.3) is 0 Å². The Hall–Kier alpha value is -2.29. The number of hydrogen-bond donors (Lipinski definition) is 0. The SMILES string of the molecule is CCC(C)C(=O)Oc1ccc(C(C)c2ccc(OC(C)(C)CC)cc2)cc1. The fourth-order valence-electron chi connectivity index (χ4n) is 2.62. The number of benzene rings is 2. The van der Waals surface area contributed by atoms with Crippen LogP contribution in [-0.2, 0) is 4.79 Å². The first-order valence-corrected chi connectivity index (χ1v) is 9.86. The van der Waals surface area contributed by atoms with Gasteiger partial charge in [0.05, 0.1) is 5.92 Å². The zero-order chi connectivity index (χ0) is 20.0. The molecule has 3 heteroatoms.